The first-order chi connectivity index (χ1) is 9.93. The first-order valence-corrected chi connectivity index (χ1v) is 9.83. The summed E-state index contributed by atoms with van der Waals surface area (Å²) in [6, 6.07) is 0. The van der Waals surface area contributed by atoms with E-state index in [9.17, 15) is 4.57 Å². The van der Waals surface area contributed by atoms with E-state index in [-0.39, 0.29) is 0 Å². The summed E-state index contributed by atoms with van der Waals surface area (Å²) in [7, 11) is -2.84. The van der Waals surface area contributed by atoms with Gasteiger partial charge in [0.05, 0.1) is 19.4 Å². The maximum absolute atomic E-state index is 12.2. The molecule has 0 bridgehead atoms. The summed E-state index contributed by atoms with van der Waals surface area (Å²) in [4.78, 5) is 0. The third kappa shape index (κ3) is 11.9. The average Bonchev–Trinajstić information content (AvgIpc) is 2.38. The van der Waals surface area contributed by atoms with Crippen molar-refractivity contribution in [3.05, 3.63) is 23.3 Å². The van der Waals surface area contributed by atoms with Crippen LogP contribution in [0.15, 0.2) is 23.3 Å². The Morgan fingerprint density at radius 2 is 1.57 bits per heavy atom. The molecule has 0 aromatic carbocycles. The molecule has 0 unspecified atom stereocenters. The van der Waals surface area contributed by atoms with Gasteiger partial charge in [-0.15, -0.1) is 0 Å². The quantitative estimate of drug-likeness (QED) is 0.247. The van der Waals surface area contributed by atoms with Crippen LogP contribution in [-0.4, -0.2) is 19.4 Å². The van der Waals surface area contributed by atoms with Gasteiger partial charge in [-0.25, -0.2) is 0 Å². The Hall–Kier alpha value is -0.370. The highest BCUT2D eigenvalue weighted by Crippen LogP contribution is 2.48. The zero-order chi connectivity index (χ0) is 16.1. The Morgan fingerprint density at radius 1 is 0.952 bits per heavy atom. The smallest absolute Gasteiger partial charge is 0.309 e. The van der Waals surface area contributed by atoms with Crippen LogP contribution in [0, 0.1) is 0 Å². The van der Waals surface area contributed by atoms with Gasteiger partial charge in [0.1, 0.15) is 0 Å². The lowest BCUT2D eigenvalue weighted by Gasteiger charge is -2.16. The van der Waals surface area contributed by atoms with Gasteiger partial charge in [0, 0.05) is 0 Å². The van der Waals surface area contributed by atoms with Crippen LogP contribution >= 0.6 is 7.60 Å². The molecule has 0 aliphatic carbocycles. The summed E-state index contributed by atoms with van der Waals surface area (Å²) in [6.45, 7) is 11.0. The van der Waals surface area contributed by atoms with Crippen molar-refractivity contribution in [2.45, 2.75) is 66.7 Å². The summed E-state index contributed by atoms with van der Waals surface area (Å²) in [5.74, 6) is 0. The predicted molar refractivity (Wildman–Crippen MR) is 92.0 cm³/mol. The molecule has 4 heteroatoms. The van der Waals surface area contributed by atoms with Gasteiger partial charge in [-0.2, -0.15) is 0 Å². The SMILES string of the molecule is CCOP(=O)(CCCC/C=C(\C)CCC=C(C)C)OCC. The molecule has 3 nitrogen and oxygen atoms in total. The van der Waals surface area contributed by atoms with Crippen molar-refractivity contribution >= 4 is 7.60 Å². The fourth-order valence-electron chi connectivity index (χ4n) is 2.05. The summed E-state index contributed by atoms with van der Waals surface area (Å²) in [6.07, 6.45) is 10.3. The van der Waals surface area contributed by atoms with E-state index in [0.717, 1.165) is 32.1 Å². The Morgan fingerprint density at radius 3 is 2.10 bits per heavy atom. The molecule has 0 heterocycles. The third-order valence-electron chi connectivity index (χ3n) is 3.12. The van der Waals surface area contributed by atoms with Crippen molar-refractivity contribution in [2.24, 2.45) is 0 Å². The minimum atomic E-state index is -2.84. The molecular formula is C17H33O3P. The molecule has 0 saturated heterocycles. The van der Waals surface area contributed by atoms with Gasteiger partial charge >= 0.3 is 7.60 Å². The van der Waals surface area contributed by atoms with Crippen molar-refractivity contribution in [2.75, 3.05) is 19.4 Å². The van der Waals surface area contributed by atoms with Crippen LogP contribution in [0.2, 0.25) is 0 Å². The standard InChI is InChI=1S/C17H33O3P/c1-6-19-21(18,20-7-2)15-10-8-9-13-17(5)14-11-12-16(3)4/h12-13H,6-11,14-15H2,1-5H3/b17-13+. The van der Waals surface area contributed by atoms with Crippen LogP contribution in [0.3, 0.4) is 0 Å². The second-order valence-electron chi connectivity index (χ2n) is 5.54. The van der Waals surface area contributed by atoms with Crippen LogP contribution in [0.4, 0.5) is 0 Å². The molecule has 0 atom stereocenters. The van der Waals surface area contributed by atoms with E-state index in [4.69, 9.17) is 9.05 Å². The highest BCUT2D eigenvalue weighted by Gasteiger charge is 2.22. The molecule has 0 aromatic heterocycles. The van der Waals surface area contributed by atoms with Crippen molar-refractivity contribution in [1.82, 2.24) is 0 Å². The van der Waals surface area contributed by atoms with Crippen LogP contribution in [-0.2, 0) is 13.6 Å². The predicted octanol–water partition coefficient (Wildman–Crippen LogP) is 6.12. The second-order valence-corrected chi connectivity index (χ2v) is 7.72. The van der Waals surface area contributed by atoms with E-state index in [1.54, 1.807) is 0 Å². The molecular weight excluding hydrogens is 283 g/mol. The van der Waals surface area contributed by atoms with Gasteiger partial charge in [0.25, 0.3) is 0 Å². The Labute approximate surface area is 131 Å². The van der Waals surface area contributed by atoms with Crippen molar-refractivity contribution in [3.8, 4) is 0 Å². The zero-order valence-corrected chi connectivity index (χ0v) is 15.4. The zero-order valence-electron chi connectivity index (χ0n) is 14.5. The summed E-state index contributed by atoms with van der Waals surface area (Å²) in [5.41, 5.74) is 2.82. The van der Waals surface area contributed by atoms with E-state index < -0.39 is 7.60 Å². The lowest BCUT2D eigenvalue weighted by molar-refractivity contribution is 0.219. The van der Waals surface area contributed by atoms with Gasteiger partial charge in [0.15, 0.2) is 0 Å². The number of rotatable bonds is 12. The van der Waals surface area contributed by atoms with Crippen LogP contribution in [0.25, 0.3) is 0 Å². The van der Waals surface area contributed by atoms with Crippen molar-refractivity contribution < 1.29 is 13.6 Å². The molecule has 0 aromatic rings. The molecule has 0 spiro atoms. The molecule has 0 N–H and O–H groups in total. The van der Waals surface area contributed by atoms with E-state index in [1.807, 2.05) is 13.8 Å². The second kappa shape index (κ2) is 12.2. The lowest BCUT2D eigenvalue weighted by atomic mass is 10.1. The molecule has 0 aliphatic heterocycles. The van der Waals surface area contributed by atoms with Gasteiger partial charge in [-0.3, -0.25) is 4.57 Å². The summed E-state index contributed by atoms with van der Waals surface area (Å²) >= 11 is 0. The lowest BCUT2D eigenvalue weighted by Crippen LogP contribution is -2.00. The number of unbranched alkanes of at least 4 members (excludes halogenated alkanes) is 2. The minimum absolute atomic E-state index is 0.445. The molecule has 0 saturated carbocycles. The van der Waals surface area contributed by atoms with E-state index in [1.165, 1.54) is 11.1 Å². The molecule has 0 fully saturated rings. The minimum Gasteiger partial charge on any atom is -0.309 e. The summed E-state index contributed by atoms with van der Waals surface area (Å²) < 4.78 is 22.8. The van der Waals surface area contributed by atoms with Crippen LogP contribution < -0.4 is 0 Å². The average molecular weight is 316 g/mol. The first kappa shape index (κ1) is 20.6. The normalized spacial score (nSPS) is 12.5. The maximum Gasteiger partial charge on any atom is 0.330 e. The van der Waals surface area contributed by atoms with Gasteiger partial charge < -0.3 is 9.05 Å². The number of hydrogen-bond donors (Lipinski definition) is 0. The van der Waals surface area contributed by atoms with E-state index in [0.29, 0.717) is 19.4 Å². The first-order valence-electron chi connectivity index (χ1n) is 8.10. The van der Waals surface area contributed by atoms with Crippen LogP contribution in [0.1, 0.15) is 66.7 Å². The molecule has 0 amide bonds. The summed E-state index contributed by atoms with van der Waals surface area (Å²) in [5, 5.41) is 0. The highest BCUT2D eigenvalue weighted by atomic mass is 31.2. The van der Waals surface area contributed by atoms with Crippen molar-refractivity contribution in [3.63, 3.8) is 0 Å². The highest BCUT2D eigenvalue weighted by molar-refractivity contribution is 7.53. The fraction of sp³-hybridized carbons (Fsp3) is 0.765. The van der Waals surface area contributed by atoms with Gasteiger partial charge in [-0.05, 0) is 66.7 Å². The topological polar surface area (TPSA) is 35.5 Å². The Bertz CT molecular complexity index is 358. The molecule has 0 aliphatic rings. The van der Waals surface area contributed by atoms with Gasteiger partial charge in [-0.1, -0.05) is 23.3 Å². The fourth-order valence-corrected chi connectivity index (χ4v) is 3.78. The van der Waals surface area contributed by atoms with Crippen LogP contribution in [0.5, 0.6) is 0 Å². The largest absolute Gasteiger partial charge is 0.330 e. The van der Waals surface area contributed by atoms with Gasteiger partial charge in [0.2, 0.25) is 0 Å². The molecule has 124 valence electrons. The number of hydrogen-bond acceptors (Lipinski definition) is 3. The number of allylic oxidation sites excluding steroid dienone is 4. The maximum atomic E-state index is 12.2. The monoisotopic (exact) mass is 316 g/mol. The third-order valence-corrected chi connectivity index (χ3v) is 5.29. The van der Waals surface area contributed by atoms with E-state index >= 15 is 0 Å². The molecule has 0 radical (unpaired) electrons. The molecule has 0 rings (SSSR count). The van der Waals surface area contributed by atoms with E-state index in [2.05, 4.69) is 32.9 Å². The molecule has 21 heavy (non-hydrogen) atoms. The van der Waals surface area contributed by atoms with Crippen molar-refractivity contribution in [1.29, 1.82) is 0 Å². The Balaban J connectivity index is 3.92. The Kier molecular flexibility index (Phi) is 12.0.